The average molecular weight is 348 g/mol. The summed E-state index contributed by atoms with van der Waals surface area (Å²) < 4.78 is 5.86. The fourth-order valence-electron chi connectivity index (χ4n) is 3.37. The SMILES string of the molecule is C=CC(=O)NCc1cccc(-c2ncnc3[nH]cc(C4CCCO4)c23)c1. The first-order valence-electron chi connectivity index (χ1n) is 8.69. The van der Waals surface area contributed by atoms with E-state index in [4.69, 9.17) is 4.74 Å². The quantitative estimate of drug-likeness (QED) is 0.694. The van der Waals surface area contributed by atoms with Gasteiger partial charge < -0.3 is 15.0 Å². The van der Waals surface area contributed by atoms with Crippen molar-refractivity contribution in [3.63, 3.8) is 0 Å². The second-order valence-electron chi connectivity index (χ2n) is 6.31. The lowest BCUT2D eigenvalue weighted by atomic mass is 10.0. The number of H-pyrrole nitrogens is 1. The number of aromatic nitrogens is 3. The highest BCUT2D eigenvalue weighted by Gasteiger charge is 2.23. The number of hydrogen-bond donors (Lipinski definition) is 2. The van der Waals surface area contributed by atoms with E-state index in [0.717, 1.165) is 52.9 Å². The molecule has 1 aliphatic heterocycles. The highest BCUT2D eigenvalue weighted by Crippen LogP contribution is 2.37. The van der Waals surface area contributed by atoms with E-state index in [1.54, 1.807) is 6.33 Å². The van der Waals surface area contributed by atoms with Crippen LogP contribution >= 0.6 is 0 Å². The van der Waals surface area contributed by atoms with Gasteiger partial charge in [-0.15, -0.1) is 0 Å². The van der Waals surface area contributed by atoms with Gasteiger partial charge in [0, 0.05) is 30.5 Å². The second-order valence-corrected chi connectivity index (χ2v) is 6.31. The molecule has 132 valence electrons. The lowest BCUT2D eigenvalue weighted by Gasteiger charge is -2.11. The molecule has 0 radical (unpaired) electrons. The predicted molar refractivity (Wildman–Crippen MR) is 99.3 cm³/mol. The molecule has 6 heteroatoms. The first-order chi connectivity index (χ1) is 12.8. The van der Waals surface area contributed by atoms with E-state index in [-0.39, 0.29) is 12.0 Å². The lowest BCUT2D eigenvalue weighted by Crippen LogP contribution is -2.19. The Balaban J connectivity index is 1.73. The van der Waals surface area contributed by atoms with E-state index in [2.05, 4.69) is 26.8 Å². The molecule has 2 aromatic heterocycles. The monoisotopic (exact) mass is 348 g/mol. The van der Waals surface area contributed by atoms with Gasteiger partial charge in [-0.05, 0) is 30.5 Å². The van der Waals surface area contributed by atoms with Gasteiger partial charge in [-0.2, -0.15) is 0 Å². The number of aromatic amines is 1. The predicted octanol–water partition coefficient (Wildman–Crippen LogP) is 3.28. The first kappa shape index (κ1) is 16.5. The van der Waals surface area contributed by atoms with Gasteiger partial charge in [0.2, 0.25) is 5.91 Å². The van der Waals surface area contributed by atoms with Gasteiger partial charge in [-0.1, -0.05) is 24.8 Å². The number of benzene rings is 1. The molecule has 0 aliphatic carbocycles. The van der Waals surface area contributed by atoms with Crippen LogP contribution in [0.25, 0.3) is 22.3 Å². The van der Waals surface area contributed by atoms with E-state index in [1.165, 1.54) is 6.08 Å². The molecular weight excluding hydrogens is 328 g/mol. The minimum Gasteiger partial charge on any atom is -0.373 e. The van der Waals surface area contributed by atoms with Gasteiger partial charge in [0.25, 0.3) is 0 Å². The third-order valence-corrected chi connectivity index (χ3v) is 4.63. The van der Waals surface area contributed by atoms with Crippen molar-refractivity contribution in [2.75, 3.05) is 6.61 Å². The number of nitrogens with zero attached hydrogens (tertiary/aromatic N) is 2. The largest absolute Gasteiger partial charge is 0.373 e. The van der Waals surface area contributed by atoms with E-state index >= 15 is 0 Å². The number of fused-ring (bicyclic) bond motifs is 1. The standard InChI is InChI=1S/C20H20N4O2/c1-2-17(25)21-10-13-5-3-6-14(9-13)19-18-15(16-7-4-8-26-16)11-22-20(18)24-12-23-19/h2-3,5-6,9,11-12,16H,1,4,7-8,10H2,(H,21,25)(H,22,23,24). The van der Waals surface area contributed by atoms with Crippen LogP contribution in [-0.4, -0.2) is 27.5 Å². The third-order valence-electron chi connectivity index (χ3n) is 4.63. The Morgan fingerprint density at radius 3 is 3.15 bits per heavy atom. The fraction of sp³-hybridized carbons (Fsp3) is 0.250. The summed E-state index contributed by atoms with van der Waals surface area (Å²) in [5, 5.41) is 3.81. The third kappa shape index (κ3) is 3.11. The van der Waals surface area contributed by atoms with Crippen LogP contribution in [-0.2, 0) is 16.1 Å². The molecule has 4 rings (SSSR count). The van der Waals surface area contributed by atoms with Crippen LogP contribution in [0.5, 0.6) is 0 Å². The molecule has 1 aromatic carbocycles. The topological polar surface area (TPSA) is 79.9 Å². The molecule has 1 aliphatic rings. The van der Waals surface area contributed by atoms with Crippen molar-refractivity contribution in [2.45, 2.75) is 25.5 Å². The molecule has 0 bridgehead atoms. The maximum absolute atomic E-state index is 11.4. The Morgan fingerprint density at radius 1 is 1.42 bits per heavy atom. The summed E-state index contributed by atoms with van der Waals surface area (Å²) in [4.78, 5) is 23.5. The molecule has 1 atom stereocenters. The molecule has 26 heavy (non-hydrogen) atoms. The van der Waals surface area contributed by atoms with Crippen molar-refractivity contribution in [1.29, 1.82) is 0 Å². The zero-order chi connectivity index (χ0) is 17.9. The molecule has 1 unspecified atom stereocenters. The van der Waals surface area contributed by atoms with E-state index in [0.29, 0.717) is 6.54 Å². The highest BCUT2D eigenvalue weighted by atomic mass is 16.5. The van der Waals surface area contributed by atoms with Gasteiger partial charge in [0.1, 0.15) is 12.0 Å². The summed E-state index contributed by atoms with van der Waals surface area (Å²) in [6, 6.07) is 8.00. The number of hydrogen-bond acceptors (Lipinski definition) is 4. The summed E-state index contributed by atoms with van der Waals surface area (Å²) >= 11 is 0. The molecule has 3 aromatic rings. The number of ether oxygens (including phenoxy) is 1. The van der Waals surface area contributed by atoms with Crippen LogP contribution in [0, 0.1) is 0 Å². The van der Waals surface area contributed by atoms with Gasteiger partial charge in [-0.25, -0.2) is 9.97 Å². The number of rotatable bonds is 5. The number of nitrogens with one attached hydrogen (secondary N) is 2. The number of carbonyl (C=O) groups excluding carboxylic acids is 1. The van der Waals surface area contributed by atoms with Crippen LogP contribution in [0.4, 0.5) is 0 Å². The van der Waals surface area contributed by atoms with E-state index in [9.17, 15) is 4.79 Å². The molecule has 1 amide bonds. The zero-order valence-electron chi connectivity index (χ0n) is 14.4. The molecule has 0 spiro atoms. The maximum Gasteiger partial charge on any atom is 0.243 e. The van der Waals surface area contributed by atoms with Crippen molar-refractivity contribution in [3.8, 4) is 11.3 Å². The van der Waals surface area contributed by atoms with Crippen molar-refractivity contribution < 1.29 is 9.53 Å². The minimum absolute atomic E-state index is 0.0866. The molecule has 3 heterocycles. The highest BCUT2D eigenvalue weighted by molar-refractivity contribution is 5.93. The van der Waals surface area contributed by atoms with Gasteiger partial charge >= 0.3 is 0 Å². The van der Waals surface area contributed by atoms with E-state index in [1.807, 2.05) is 30.5 Å². The Hall–Kier alpha value is -2.99. The molecule has 1 saturated heterocycles. The Labute approximate surface area is 151 Å². The Morgan fingerprint density at radius 2 is 2.35 bits per heavy atom. The molecule has 6 nitrogen and oxygen atoms in total. The van der Waals surface area contributed by atoms with Gasteiger partial charge in [0.15, 0.2) is 0 Å². The first-order valence-corrected chi connectivity index (χ1v) is 8.69. The number of carbonyl (C=O) groups is 1. The van der Waals surface area contributed by atoms with Crippen molar-refractivity contribution in [2.24, 2.45) is 0 Å². The Bertz CT molecular complexity index is 957. The number of amides is 1. The average Bonchev–Trinajstić information content (AvgIpc) is 3.35. The summed E-state index contributed by atoms with van der Waals surface area (Å²) in [6.07, 6.45) is 6.98. The Kier molecular flexibility index (Phi) is 4.50. The zero-order valence-corrected chi connectivity index (χ0v) is 14.4. The normalized spacial score (nSPS) is 16.7. The summed E-state index contributed by atoms with van der Waals surface area (Å²) in [5.41, 5.74) is 4.78. The van der Waals surface area contributed by atoms with Gasteiger partial charge in [-0.3, -0.25) is 4.79 Å². The molecular formula is C20H20N4O2. The fourth-order valence-corrected chi connectivity index (χ4v) is 3.37. The summed E-state index contributed by atoms with van der Waals surface area (Å²) in [7, 11) is 0. The smallest absolute Gasteiger partial charge is 0.243 e. The summed E-state index contributed by atoms with van der Waals surface area (Å²) in [5.74, 6) is -0.189. The van der Waals surface area contributed by atoms with Crippen LogP contribution in [0.3, 0.4) is 0 Å². The molecule has 2 N–H and O–H groups in total. The second kappa shape index (κ2) is 7.09. The van der Waals surface area contributed by atoms with Crippen LogP contribution in [0.15, 0.2) is 49.4 Å². The van der Waals surface area contributed by atoms with Crippen molar-refractivity contribution in [1.82, 2.24) is 20.3 Å². The van der Waals surface area contributed by atoms with Crippen LogP contribution in [0.1, 0.15) is 30.1 Å². The minimum atomic E-state index is -0.189. The van der Waals surface area contributed by atoms with Crippen molar-refractivity contribution in [3.05, 3.63) is 60.6 Å². The van der Waals surface area contributed by atoms with Crippen LogP contribution in [0.2, 0.25) is 0 Å². The van der Waals surface area contributed by atoms with Gasteiger partial charge in [0.05, 0.1) is 17.2 Å². The summed E-state index contributed by atoms with van der Waals surface area (Å²) in [6.45, 7) is 4.70. The van der Waals surface area contributed by atoms with Crippen molar-refractivity contribution >= 4 is 16.9 Å². The molecule has 0 saturated carbocycles. The van der Waals surface area contributed by atoms with Crippen LogP contribution < -0.4 is 5.32 Å². The molecule has 1 fully saturated rings. The van der Waals surface area contributed by atoms with E-state index < -0.39 is 0 Å². The maximum atomic E-state index is 11.4. The lowest BCUT2D eigenvalue weighted by molar-refractivity contribution is -0.116.